The Morgan fingerprint density at radius 2 is 2.19 bits per heavy atom. The number of halogens is 2. The highest BCUT2D eigenvalue weighted by molar-refractivity contribution is 9.10. The number of imidazole rings is 1. The number of anilines is 1. The van der Waals surface area contributed by atoms with E-state index >= 15 is 0 Å². The van der Waals surface area contributed by atoms with Crippen molar-refractivity contribution in [1.82, 2.24) is 19.5 Å². The van der Waals surface area contributed by atoms with Crippen LogP contribution in [0.5, 0.6) is 0 Å². The summed E-state index contributed by atoms with van der Waals surface area (Å²) in [5, 5.41) is 23.0. The smallest absolute Gasteiger partial charge is 0.226 e. The fourth-order valence-electron chi connectivity index (χ4n) is 2.86. The Kier molecular flexibility index (Phi) is 5.07. The van der Waals surface area contributed by atoms with Crippen LogP contribution < -0.4 is 5.32 Å². The second-order valence-corrected chi connectivity index (χ2v) is 8.33. The molecule has 3 N–H and O–H groups in total. The molecule has 3 atom stereocenters. The van der Waals surface area contributed by atoms with Crippen LogP contribution in [0.4, 0.5) is 5.82 Å². The second-order valence-electron chi connectivity index (χ2n) is 5.93. The maximum atomic E-state index is 10.2. The van der Waals surface area contributed by atoms with Crippen LogP contribution in [0, 0.1) is 0 Å². The van der Waals surface area contributed by atoms with E-state index in [1.165, 1.54) is 11.8 Å². The van der Waals surface area contributed by atoms with Crippen molar-refractivity contribution in [3.05, 3.63) is 45.9 Å². The van der Waals surface area contributed by atoms with Crippen LogP contribution in [0.3, 0.4) is 0 Å². The third-order valence-electron chi connectivity index (χ3n) is 4.14. The van der Waals surface area contributed by atoms with Gasteiger partial charge in [-0.2, -0.15) is 9.97 Å². The Labute approximate surface area is 166 Å². The zero-order chi connectivity index (χ0) is 18.3. The Bertz CT molecular complexity index is 956. The third kappa shape index (κ3) is 3.41. The predicted molar refractivity (Wildman–Crippen MR) is 105 cm³/mol. The topological polar surface area (TPSA) is 96.1 Å². The zero-order valence-corrected chi connectivity index (χ0v) is 16.5. The lowest BCUT2D eigenvalue weighted by atomic mass is 10.2. The summed E-state index contributed by atoms with van der Waals surface area (Å²) in [7, 11) is 0. The zero-order valence-electron chi connectivity index (χ0n) is 13.4. The molecule has 0 saturated carbocycles. The number of nitrogens with zero attached hydrogens (tertiary/aromatic N) is 4. The first-order valence-corrected chi connectivity index (χ1v) is 10.1. The van der Waals surface area contributed by atoms with Gasteiger partial charge in [0.2, 0.25) is 5.28 Å². The van der Waals surface area contributed by atoms with E-state index in [1.54, 1.807) is 10.9 Å². The lowest BCUT2D eigenvalue weighted by Gasteiger charge is -2.17. The number of aromatic nitrogens is 4. The summed E-state index contributed by atoms with van der Waals surface area (Å²) in [5.41, 5.74) is 2.16. The standard InChI is InChI=1S/C16H15BrClN5O2S/c17-9-3-1-2-8(4-9)5-19-13-11-14(22-16(18)21-13)23(7-20-11)15-12(25)10(24)6-26-15/h1-4,7,10,12,15,24-25H,5-6H2,(H,19,21,22)/t10-,12-,15-/m0/s1. The normalized spacial score (nSPS) is 22.8. The van der Waals surface area contributed by atoms with Gasteiger partial charge in [0, 0.05) is 16.8 Å². The fraction of sp³-hybridized carbons (Fsp3) is 0.312. The molecular weight excluding hydrogens is 442 g/mol. The number of benzene rings is 1. The van der Waals surface area contributed by atoms with Gasteiger partial charge in [-0.25, -0.2) is 4.98 Å². The van der Waals surface area contributed by atoms with Crippen LogP contribution in [0.2, 0.25) is 5.28 Å². The Morgan fingerprint density at radius 3 is 2.92 bits per heavy atom. The second kappa shape index (κ2) is 7.32. The molecule has 2 aromatic heterocycles. The molecule has 1 aromatic carbocycles. The van der Waals surface area contributed by atoms with Gasteiger partial charge in [0.1, 0.15) is 11.5 Å². The molecule has 0 spiro atoms. The van der Waals surface area contributed by atoms with Gasteiger partial charge in [-0.3, -0.25) is 4.57 Å². The van der Waals surface area contributed by atoms with Gasteiger partial charge in [-0.15, -0.1) is 11.8 Å². The number of hydrogen-bond donors (Lipinski definition) is 3. The van der Waals surface area contributed by atoms with E-state index in [4.69, 9.17) is 11.6 Å². The Hall–Kier alpha value is -1.39. The highest BCUT2D eigenvalue weighted by atomic mass is 79.9. The highest BCUT2D eigenvalue weighted by Crippen LogP contribution is 2.38. The molecular formula is C16H15BrClN5O2S. The van der Waals surface area contributed by atoms with Gasteiger partial charge in [0.05, 0.1) is 12.4 Å². The number of rotatable bonds is 4. The van der Waals surface area contributed by atoms with Crippen LogP contribution >= 0.6 is 39.3 Å². The van der Waals surface area contributed by atoms with Crippen molar-refractivity contribution in [3.8, 4) is 0 Å². The van der Waals surface area contributed by atoms with E-state index in [0.717, 1.165) is 10.0 Å². The summed E-state index contributed by atoms with van der Waals surface area (Å²) in [5.74, 6) is 0.981. The van der Waals surface area contributed by atoms with Crippen LogP contribution in [-0.2, 0) is 6.54 Å². The average Bonchev–Trinajstić information content (AvgIpc) is 3.17. The SMILES string of the molecule is O[C@H]1[C@@H](O)CS[C@@H]1n1cnc2c(NCc3cccc(Br)c3)nc(Cl)nc21. The van der Waals surface area contributed by atoms with E-state index in [2.05, 4.69) is 36.2 Å². The predicted octanol–water partition coefficient (Wildman–Crippen LogP) is 2.82. The number of fused-ring (bicyclic) bond motifs is 1. The largest absolute Gasteiger partial charge is 0.389 e. The lowest BCUT2D eigenvalue weighted by Crippen LogP contribution is -2.27. The van der Waals surface area contributed by atoms with E-state index in [-0.39, 0.29) is 10.7 Å². The van der Waals surface area contributed by atoms with Gasteiger partial charge < -0.3 is 15.5 Å². The van der Waals surface area contributed by atoms with Crippen molar-refractivity contribution >= 4 is 56.3 Å². The van der Waals surface area contributed by atoms with Gasteiger partial charge >= 0.3 is 0 Å². The lowest BCUT2D eigenvalue weighted by molar-refractivity contribution is 0.0313. The van der Waals surface area contributed by atoms with Gasteiger partial charge in [-0.1, -0.05) is 28.1 Å². The highest BCUT2D eigenvalue weighted by Gasteiger charge is 2.36. The molecule has 0 bridgehead atoms. The summed E-state index contributed by atoms with van der Waals surface area (Å²) >= 11 is 11.0. The average molecular weight is 457 g/mol. The molecule has 1 saturated heterocycles. The first-order valence-electron chi connectivity index (χ1n) is 7.89. The molecule has 0 radical (unpaired) electrons. The maximum Gasteiger partial charge on any atom is 0.226 e. The van der Waals surface area contributed by atoms with Crippen LogP contribution in [-0.4, -0.2) is 47.7 Å². The summed E-state index contributed by atoms with van der Waals surface area (Å²) in [4.78, 5) is 12.9. The molecule has 136 valence electrons. The van der Waals surface area contributed by atoms with E-state index < -0.39 is 12.2 Å². The molecule has 3 heterocycles. The van der Waals surface area contributed by atoms with Crippen molar-refractivity contribution in [2.24, 2.45) is 0 Å². The molecule has 1 fully saturated rings. The number of thioether (sulfide) groups is 1. The van der Waals surface area contributed by atoms with Crippen molar-refractivity contribution in [3.63, 3.8) is 0 Å². The molecule has 4 rings (SSSR count). The van der Waals surface area contributed by atoms with Crippen LogP contribution in [0.15, 0.2) is 35.1 Å². The van der Waals surface area contributed by atoms with Crippen molar-refractivity contribution in [1.29, 1.82) is 0 Å². The molecule has 3 aromatic rings. The summed E-state index contributed by atoms with van der Waals surface area (Å²) in [6.07, 6.45) is -0.0584. The van der Waals surface area contributed by atoms with E-state index in [1.807, 2.05) is 24.3 Å². The minimum absolute atomic E-state index is 0.0917. The summed E-state index contributed by atoms with van der Waals surface area (Å²) < 4.78 is 2.73. The maximum absolute atomic E-state index is 10.2. The van der Waals surface area contributed by atoms with Crippen molar-refractivity contribution in [2.45, 2.75) is 24.1 Å². The van der Waals surface area contributed by atoms with Gasteiger partial charge in [-0.05, 0) is 29.3 Å². The molecule has 10 heteroatoms. The van der Waals surface area contributed by atoms with Crippen molar-refractivity contribution in [2.75, 3.05) is 11.1 Å². The first kappa shape index (κ1) is 18.0. The number of hydrogen-bond acceptors (Lipinski definition) is 7. The van der Waals surface area contributed by atoms with Gasteiger partial charge in [0.25, 0.3) is 0 Å². The minimum Gasteiger partial charge on any atom is -0.389 e. The van der Waals surface area contributed by atoms with E-state index in [0.29, 0.717) is 29.3 Å². The monoisotopic (exact) mass is 455 g/mol. The number of nitrogens with one attached hydrogen (secondary N) is 1. The Morgan fingerprint density at radius 1 is 1.35 bits per heavy atom. The van der Waals surface area contributed by atoms with Crippen LogP contribution in [0.1, 0.15) is 10.9 Å². The molecule has 1 aliphatic rings. The Balaban J connectivity index is 1.66. The fourth-order valence-corrected chi connectivity index (χ4v) is 4.76. The molecule has 0 aliphatic carbocycles. The molecule has 0 amide bonds. The minimum atomic E-state index is -0.885. The first-order chi connectivity index (χ1) is 12.5. The number of aliphatic hydroxyl groups is 2. The molecule has 0 unspecified atom stereocenters. The van der Waals surface area contributed by atoms with E-state index in [9.17, 15) is 10.2 Å². The van der Waals surface area contributed by atoms with Crippen molar-refractivity contribution < 1.29 is 10.2 Å². The third-order valence-corrected chi connectivity index (χ3v) is 6.19. The summed E-state index contributed by atoms with van der Waals surface area (Å²) in [6, 6.07) is 7.94. The molecule has 1 aliphatic heterocycles. The van der Waals surface area contributed by atoms with Crippen LogP contribution in [0.25, 0.3) is 11.2 Å². The molecule has 7 nitrogen and oxygen atoms in total. The molecule has 26 heavy (non-hydrogen) atoms. The number of aliphatic hydroxyl groups excluding tert-OH is 2. The van der Waals surface area contributed by atoms with Gasteiger partial charge in [0.15, 0.2) is 17.0 Å². The summed E-state index contributed by atoms with van der Waals surface area (Å²) in [6.45, 7) is 0.550. The quantitative estimate of drug-likeness (QED) is 0.520.